The maximum atomic E-state index is 8.62. The van der Waals surface area contributed by atoms with E-state index in [0.717, 1.165) is 23.6 Å². The standard InChI is InChI=1S/C14H18N4OS/c15-13(17-19)7-8-18(10-5-6-10)9-14-16-11-3-1-2-4-12(11)20-14/h1-4,10,19H,5-9H2,(H2,15,17). The van der Waals surface area contributed by atoms with E-state index in [1.807, 2.05) is 18.2 Å². The van der Waals surface area contributed by atoms with Gasteiger partial charge in [0.2, 0.25) is 0 Å². The van der Waals surface area contributed by atoms with E-state index in [2.05, 4.69) is 21.1 Å². The summed E-state index contributed by atoms with van der Waals surface area (Å²) in [6.07, 6.45) is 3.07. The fraction of sp³-hybridized carbons (Fsp3) is 0.429. The molecule has 0 aliphatic heterocycles. The van der Waals surface area contributed by atoms with Crippen LogP contribution in [0.4, 0.5) is 0 Å². The molecule has 0 radical (unpaired) electrons. The predicted octanol–water partition coefficient (Wildman–Crippen LogP) is 2.40. The molecule has 20 heavy (non-hydrogen) atoms. The van der Waals surface area contributed by atoms with E-state index in [-0.39, 0.29) is 0 Å². The van der Waals surface area contributed by atoms with Gasteiger partial charge in [0.05, 0.1) is 16.8 Å². The van der Waals surface area contributed by atoms with E-state index < -0.39 is 0 Å². The third-order valence-corrected chi connectivity index (χ3v) is 4.54. The monoisotopic (exact) mass is 290 g/mol. The molecule has 0 unspecified atom stereocenters. The summed E-state index contributed by atoms with van der Waals surface area (Å²) in [7, 11) is 0. The van der Waals surface area contributed by atoms with E-state index in [4.69, 9.17) is 10.9 Å². The largest absolute Gasteiger partial charge is 0.409 e. The van der Waals surface area contributed by atoms with Gasteiger partial charge in [-0.05, 0) is 25.0 Å². The maximum absolute atomic E-state index is 8.62. The number of para-hydroxylation sites is 1. The Morgan fingerprint density at radius 2 is 2.25 bits per heavy atom. The molecule has 6 heteroatoms. The molecule has 2 aromatic rings. The lowest BCUT2D eigenvalue weighted by Crippen LogP contribution is -2.29. The van der Waals surface area contributed by atoms with Crippen LogP contribution in [0.1, 0.15) is 24.3 Å². The van der Waals surface area contributed by atoms with E-state index in [0.29, 0.717) is 18.3 Å². The number of nitrogens with zero attached hydrogens (tertiary/aromatic N) is 3. The van der Waals surface area contributed by atoms with Crippen LogP contribution in [-0.4, -0.2) is 33.5 Å². The van der Waals surface area contributed by atoms with Gasteiger partial charge in [-0.15, -0.1) is 11.3 Å². The van der Waals surface area contributed by atoms with Gasteiger partial charge in [0.25, 0.3) is 0 Å². The van der Waals surface area contributed by atoms with Crippen molar-refractivity contribution in [3.8, 4) is 0 Å². The second-order valence-electron chi connectivity index (χ2n) is 5.12. The van der Waals surface area contributed by atoms with Gasteiger partial charge in [0.1, 0.15) is 10.8 Å². The molecule has 1 heterocycles. The minimum absolute atomic E-state index is 0.292. The summed E-state index contributed by atoms with van der Waals surface area (Å²) in [4.78, 5) is 7.06. The van der Waals surface area contributed by atoms with Gasteiger partial charge in [0.15, 0.2) is 0 Å². The Hall–Kier alpha value is -1.66. The first kappa shape index (κ1) is 13.3. The zero-order chi connectivity index (χ0) is 13.9. The summed E-state index contributed by atoms with van der Waals surface area (Å²) < 4.78 is 1.23. The summed E-state index contributed by atoms with van der Waals surface area (Å²) in [5, 5.41) is 12.8. The number of nitrogens with two attached hydrogens (primary N) is 1. The van der Waals surface area contributed by atoms with Crippen molar-refractivity contribution < 1.29 is 5.21 Å². The van der Waals surface area contributed by atoms with Crippen molar-refractivity contribution in [2.45, 2.75) is 31.8 Å². The van der Waals surface area contributed by atoms with Gasteiger partial charge < -0.3 is 10.9 Å². The molecule has 1 aliphatic carbocycles. The second-order valence-corrected chi connectivity index (χ2v) is 6.23. The first-order valence-electron chi connectivity index (χ1n) is 6.81. The Balaban J connectivity index is 1.69. The maximum Gasteiger partial charge on any atom is 0.140 e. The Bertz CT molecular complexity index is 587. The van der Waals surface area contributed by atoms with Crippen molar-refractivity contribution >= 4 is 27.4 Å². The number of oxime groups is 1. The lowest BCUT2D eigenvalue weighted by Gasteiger charge is -2.20. The molecule has 0 saturated heterocycles. The van der Waals surface area contributed by atoms with Crippen LogP contribution in [-0.2, 0) is 6.54 Å². The number of hydrogen-bond acceptors (Lipinski definition) is 5. The normalized spacial score (nSPS) is 16.1. The minimum Gasteiger partial charge on any atom is -0.409 e. The molecule has 106 valence electrons. The van der Waals surface area contributed by atoms with Crippen molar-refractivity contribution in [1.82, 2.24) is 9.88 Å². The fourth-order valence-electron chi connectivity index (χ4n) is 2.30. The van der Waals surface area contributed by atoms with Crippen molar-refractivity contribution in [3.05, 3.63) is 29.3 Å². The van der Waals surface area contributed by atoms with Crippen molar-refractivity contribution in [2.24, 2.45) is 10.9 Å². The molecule has 1 aliphatic rings. The number of hydrogen-bond donors (Lipinski definition) is 2. The van der Waals surface area contributed by atoms with Crippen LogP contribution in [0.3, 0.4) is 0 Å². The molecule has 0 amide bonds. The molecule has 0 bridgehead atoms. The highest BCUT2D eigenvalue weighted by Gasteiger charge is 2.29. The van der Waals surface area contributed by atoms with Crippen LogP contribution < -0.4 is 5.73 Å². The smallest absolute Gasteiger partial charge is 0.140 e. The van der Waals surface area contributed by atoms with Gasteiger partial charge in [-0.3, -0.25) is 4.90 Å². The van der Waals surface area contributed by atoms with Gasteiger partial charge in [0, 0.05) is 19.0 Å². The quantitative estimate of drug-likeness (QED) is 0.371. The molecule has 3 N–H and O–H groups in total. The molecule has 1 aromatic carbocycles. The van der Waals surface area contributed by atoms with Gasteiger partial charge >= 0.3 is 0 Å². The first-order valence-corrected chi connectivity index (χ1v) is 7.63. The van der Waals surface area contributed by atoms with E-state index >= 15 is 0 Å². The number of benzene rings is 1. The average Bonchev–Trinajstić information content (AvgIpc) is 3.22. The number of rotatable bonds is 6. The number of fused-ring (bicyclic) bond motifs is 1. The summed E-state index contributed by atoms with van der Waals surface area (Å²) >= 11 is 1.75. The highest BCUT2D eigenvalue weighted by Crippen LogP contribution is 2.30. The van der Waals surface area contributed by atoms with Crippen LogP contribution >= 0.6 is 11.3 Å². The molecular formula is C14H18N4OS. The number of aromatic nitrogens is 1. The van der Waals surface area contributed by atoms with E-state index in [9.17, 15) is 0 Å². The van der Waals surface area contributed by atoms with Crippen LogP contribution in [0.2, 0.25) is 0 Å². The van der Waals surface area contributed by atoms with Crippen LogP contribution in [0.15, 0.2) is 29.4 Å². The highest BCUT2D eigenvalue weighted by atomic mass is 32.1. The van der Waals surface area contributed by atoms with Crippen LogP contribution in [0, 0.1) is 0 Å². The molecular weight excluding hydrogens is 272 g/mol. The zero-order valence-electron chi connectivity index (χ0n) is 11.2. The third kappa shape index (κ3) is 3.08. The first-order chi connectivity index (χ1) is 9.76. The van der Waals surface area contributed by atoms with Crippen LogP contribution in [0.25, 0.3) is 10.2 Å². The van der Waals surface area contributed by atoms with Crippen molar-refractivity contribution in [2.75, 3.05) is 6.54 Å². The lowest BCUT2D eigenvalue weighted by molar-refractivity contribution is 0.259. The Kier molecular flexibility index (Phi) is 3.84. The molecule has 0 spiro atoms. The summed E-state index contributed by atoms with van der Waals surface area (Å²) in [5.41, 5.74) is 6.63. The Morgan fingerprint density at radius 3 is 2.95 bits per heavy atom. The SMILES string of the molecule is N/C(CCN(Cc1nc2ccccc2s1)C1CC1)=N/O. The fourth-order valence-corrected chi connectivity index (χ4v) is 3.29. The zero-order valence-corrected chi connectivity index (χ0v) is 12.0. The summed E-state index contributed by atoms with van der Waals surface area (Å²) in [6, 6.07) is 8.85. The lowest BCUT2D eigenvalue weighted by atomic mass is 10.3. The molecule has 0 atom stereocenters. The predicted molar refractivity (Wildman–Crippen MR) is 81.1 cm³/mol. The molecule has 1 fully saturated rings. The topological polar surface area (TPSA) is 74.7 Å². The van der Waals surface area contributed by atoms with Gasteiger partial charge in [-0.25, -0.2) is 4.98 Å². The van der Waals surface area contributed by atoms with E-state index in [1.165, 1.54) is 17.5 Å². The molecule has 1 saturated carbocycles. The molecule has 1 aromatic heterocycles. The summed E-state index contributed by atoms with van der Waals surface area (Å²) in [6.45, 7) is 1.67. The second kappa shape index (κ2) is 5.76. The number of amidine groups is 1. The minimum atomic E-state index is 0.292. The van der Waals surface area contributed by atoms with Gasteiger partial charge in [-0.2, -0.15) is 0 Å². The average molecular weight is 290 g/mol. The molecule has 3 rings (SSSR count). The highest BCUT2D eigenvalue weighted by molar-refractivity contribution is 7.18. The van der Waals surface area contributed by atoms with Crippen LogP contribution in [0.5, 0.6) is 0 Å². The summed E-state index contributed by atoms with van der Waals surface area (Å²) in [5.74, 6) is 0.292. The van der Waals surface area contributed by atoms with Crippen molar-refractivity contribution in [1.29, 1.82) is 0 Å². The number of thiazole rings is 1. The Labute approximate surface area is 121 Å². The Morgan fingerprint density at radius 1 is 1.45 bits per heavy atom. The third-order valence-electron chi connectivity index (χ3n) is 3.52. The molecule has 5 nitrogen and oxygen atoms in total. The van der Waals surface area contributed by atoms with Crippen molar-refractivity contribution in [3.63, 3.8) is 0 Å². The van der Waals surface area contributed by atoms with Gasteiger partial charge in [-0.1, -0.05) is 17.3 Å². The van der Waals surface area contributed by atoms with E-state index in [1.54, 1.807) is 11.3 Å².